The van der Waals surface area contributed by atoms with Crippen LogP contribution in [0.1, 0.15) is 23.1 Å². The minimum atomic E-state index is -0.00208. The van der Waals surface area contributed by atoms with Crippen molar-refractivity contribution in [1.29, 1.82) is 0 Å². The molecule has 2 heterocycles. The molecule has 0 bridgehead atoms. The van der Waals surface area contributed by atoms with Gasteiger partial charge in [-0.3, -0.25) is 9.48 Å². The second-order valence-electron chi connectivity index (χ2n) is 4.40. The summed E-state index contributed by atoms with van der Waals surface area (Å²) in [4.78, 5) is 14.2. The van der Waals surface area contributed by atoms with Gasteiger partial charge in [-0.2, -0.15) is 16.9 Å². The van der Waals surface area contributed by atoms with Gasteiger partial charge in [0.1, 0.15) is 5.69 Å². The van der Waals surface area contributed by atoms with Crippen molar-refractivity contribution in [2.24, 2.45) is 7.05 Å². The largest absolute Gasteiger partial charge is 0.395 e. The molecule has 94 valence electrons. The summed E-state index contributed by atoms with van der Waals surface area (Å²) in [5.74, 6) is 0.988. The molecule has 0 spiro atoms. The van der Waals surface area contributed by atoms with Crippen molar-refractivity contribution in [2.75, 3.05) is 24.6 Å². The van der Waals surface area contributed by atoms with Gasteiger partial charge >= 0.3 is 0 Å². The predicted molar refractivity (Wildman–Crippen MR) is 70.2 cm³/mol. The Morgan fingerprint density at radius 3 is 2.82 bits per heavy atom. The molecule has 5 nitrogen and oxygen atoms in total. The normalized spacial score (nSPS) is 20.6. The van der Waals surface area contributed by atoms with Crippen molar-refractivity contribution in [1.82, 2.24) is 14.7 Å². The average molecular weight is 254 g/mol. The topological polar surface area (TPSA) is 64.2 Å². The zero-order chi connectivity index (χ0) is 12.6. The van der Waals surface area contributed by atoms with E-state index in [1.165, 1.54) is 0 Å². The van der Waals surface area contributed by atoms with Gasteiger partial charge in [-0.15, -0.1) is 0 Å². The average Bonchev–Trinajstić information content (AvgIpc) is 2.52. The van der Waals surface area contributed by atoms with E-state index in [9.17, 15) is 4.79 Å². The molecule has 2 N–H and O–H groups in total. The second-order valence-corrected chi connectivity index (χ2v) is 5.95. The smallest absolute Gasteiger partial charge is 0.274 e. The number of anilines is 1. The minimum Gasteiger partial charge on any atom is -0.395 e. The van der Waals surface area contributed by atoms with Crippen LogP contribution in [0.15, 0.2) is 0 Å². The maximum Gasteiger partial charge on any atom is 0.274 e. The monoisotopic (exact) mass is 254 g/mol. The number of aromatic nitrogens is 2. The molecule has 1 saturated heterocycles. The molecule has 1 aromatic heterocycles. The third-order valence-electron chi connectivity index (χ3n) is 3.00. The number of rotatable bonds is 1. The molecular weight excluding hydrogens is 236 g/mol. The number of nitrogen functional groups attached to an aromatic ring is 1. The van der Waals surface area contributed by atoms with Crippen LogP contribution in [0, 0.1) is 6.92 Å². The summed E-state index contributed by atoms with van der Waals surface area (Å²) in [7, 11) is 1.76. The van der Waals surface area contributed by atoms with Gasteiger partial charge in [0.25, 0.3) is 5.91 Å². The quantitative estimate of drug-likeness (QED) is 0.808. The van der Waals surface area contributed by atoms with Gasteiger partial charge in [-0.05, 0) is 6.92 Å². The standard InChI is InChI=1S/C11H18N4OS/c1-7-6-15(4-5-17-7)11(16)10-9(12)8(2)13-14(10)3/h7H,4-6,12H2,1-3H3. The highest BCUT2D eigenvalue weighted by Crippen LogP contribution is 2.22. The molecule has 0 aromatic carbocycles. The van der Waals surface area contributed by atoms with E-state index in [0.717, 1.165) is 24.5 Å². The number of thioether (sulfide) groups is 1. The Bertz CT molecular complexity index is 443. The van der Waals surface area contributed by atoms with Crippen LogP contribution < -0.4 is 5.73 Å². The molecule has 1 fully saturated rings. The van der Waals surface area contributed by atoms with Crippen LogP contribution in [0.4, 0.5) is 5.69 Å². The van der Waals surface area contributed by atoms with Gasteiger partial charge in [0.05, 0.1) is 11.4 Å². The lowest BCUT2D eigenvalue weighted by atomic mass is 10.2. The SMILES string of the molecule is Cc1nn(C)c(C(=O)N2CCSC(C)C2)c1N. The number of carbonyl (C=O) groups excluding carboxylic acids is 1. The first-order valence-electron chi connectivity index (χ1n) is 5.70. The summed E-state index contributed by atoms with van der Waals surface area (Å²) >= 11 is 1.90. The maximum absolute atomic E-state index is 12.4. The molecule has 1 amide bonds. The van der Waals surface area contributed by atoms with E-state index in [2.05, 4.69) is 12.0 Å². The van der Waals surface area contributed by atoms with Gasteiger partial charge in [0, 0.05) is 31.1 Å². The number of carbonyl (C=O) groups is 1. The second kappa shape index (κ2) is 4.60. The van der Waals surface area contributed by atoms with E-state index < -0.39 is 0 Å². The van der Waals surface area contributed by atoms with E-state index in [-0.39, 0.29) is 5.91 Å². The highest BCUT2D eigenvalue weighted by molar-refractivity contribution is 7.99. The molecule has 1 aliphatic rings. The maximum atomic E-state index is 12.4. The number of hydrogen-bond donors (Lipinski definition) is 1. The lowest BCUT2D eigenvalue weighted by Crippen LogP contribution is -2.41. The van der Waals surface area contributed by atoms with E-state index >= 15 is 0 Å². The zero-order valence-electron chi connectivity index (χ0n) is 10.4. The number of aryl methyl sites for hydroxylation is 2. The number of amides is 1. The highest BCUT2D eigenvalue weighted by atomic mass is 32.2. The predicted octanol–water partition coefficient (Wildman–Crippen LogP) is 0.888. The summed E-state index contributed by atoms with van der Waals surface area (Å²) in [5, 5.41) is 4.67. The van der Waals surface area contributed by atoms with Crippen LogP contribution in [0.2, 0.25) is 0 Å². The van der Waals surface area contributed by atoms with Crippen LogP contribution >= 0.6 is 11.8 Å². The van der Waals surface area contributed by atoms with Crippen LogP contribution in [-0.4, -0.2) is 44.7 Å². The first-order chi connectivity index (χ1) is 8.00. The van der Waals surface area contributed by atoms with Crippen molar-refractivity contribution in [2.45, 2.75) is 19.1 Å². The van der Waals surface area contributed by atoms with Gasteiger partial charge in [0.2, 0.25) is 0 Å². The van der Waals surface area contributed by atoms with Crippen molar-refractivity contribution >= 4 is 23.4 Å². The summed E-state index contributed by atoms with van der Waals surface area (Å²) < 4.78 is 1.58. The molecule has 1 atom stereocenters. The Morgan fingerprint density at radius 1 is 1.59 bits per heavy atom. The summed E-state index contributed by atoms with van der Waals surface area (Å²) in [6, 6.07) is 0. The van der Waals surface area contributed by atoms with Crippen molar-refractivity contribution in [3.63, 3.8) is 0 Å². The first-order valence-corrected chi connectivity index (χ1v) is 6.75. The summed E-state index contributed by atoms with van der Waals surface area (Å²) in [6.45, 7) is 5.54. The zero-order valence-corrected chi connectivity index (χ0v) is 11.3. The molecule has 0 aliphatic carbocycles. The molecule has 0 radical (unpaired) electrons. The Hall–Kier alpha value is -1.17. The fourth-order valence-electron chi connectivity index (χ4n) is 2.08. The Morgan fingerprint density at radius 2 is 2.29 bits per heavy atom. The van der Waals surface area contributed by atoms with E-state index in [0.29, 0.717) is 16.6 Å². The summed E-state index contributed by atoms with van der Waals surface area (Å²) in [5.41, 5.74) is 7.65. The fraction of sp³-hybridized carbons (Fsp3) is 0.636. The van der Waals surface area contributed by atoms with Gasteiger partial charge in [-0.1, -0.05) is 6.92 Å². The third kappa shape index (κ3) is 2.26. The van der Waals surface area contributed by atoms with E-state index in [1.807, 2.05) is 23.6 Å². The Balaban J connectivity index is 2.24. The van der Waals surface area contributed by atoms with E-state index in [4.69, 9.17) is 5.73 Å². The lowest BCUT2D eigenvalue weighted by molar-refractivity contribution is 0.0753. The van der Waals surface area contributed by atoms with Crippen LogP contribution in [0.3, 0.4) is 0 Å². The van der Waals surface area contributed by atoms with Crippen LogP contribution in [0.25, 0.3) is 0 Å². The van der Waals surface area contributed by atoms with Gasteiger partial charge < -0.3 is 10.6 Å². The third-order valence-corrected chi connectivity index (χ3v) is 4.14. The molecule has 1 unspecified atom stereocenters. The lowest BCUT2D eigenvalue weighted by Gasteiger charge is -2.30. The molecule has 1 aromatic rings. The van der Waals surface area contributed by atoms with Crippen molar-refractivity contribution in [3.8, 4) is 0 Å². The van der Waals surface area contributed by atoms with E-state index in [1.54, 1.807) is 11.7 Å². The fourth-order valence-corrected chi connectivity index (χ4v) is 3.09. The highest BCUT2D eigenvalue weighted by Gasteiger charge is 2.26. The minimum absolute atomic E-state index is 0.00208. The van der Waals surface area contributed by atoms with Crippen molar-refractivity contribution in [3.05, 3.63) is 11.4 Å². The van der Waals surface area contributed by atoms with Gasteiger partial charge in [-0.25, -0.2) is 0 Å². The molecule has 6 heteroatoms. The van der Waals surface area contributed by atoms with Gasteiger partial charge in [0.15, 0.2) is 0 Å². The van der Waals surface area contributed by atoms with Crippen molar-refractivity contribution < 1.29 is 4.79 Å². The molecule has 17 heavy (non-hydrogen) atoms. The van der Waals surface area contributed by atoms with Crippen LogP contribution in [0.5, 0.6) is 0 Å². The first kappa shape index (κ1) is 12.3. The molecule has 1 aliphatic heterocycles. The molecule has 0 saturated carbocycles. The number of nitrogens with two attached hydrogens (primary N) is 1. The van der Waals surface area contributed by atoms with Crippen LogP contribution in [-0.2, 0) is 7.05 Å². The Kier molecular flexibility index (Phi) is 3.33. The Labute approximate surface area is 105 Å². The molecule has 2 rings (SSSR count). The molecular formula is C11H18N4OS. The number of hydrogen-bond acceptors (Lipinski definition) is 4. The summed E-state index contributed by atoms with van der Waals surface area (Å²) in [6.07, 6.45) is 0. The number of nitrogens with zero attached hydrogens (tertiary/aromatic N) is 3.